The maximum Gasteiger partial charge on any atom is 0.224 e. The molecule has 0 aliphatic carbocycles. The van der Waals surface area contributed by atoms with Crippen molar-refractivity contribution in [2.75, 3.05) is 23.3 Å². The lowest BCUT2D eigenvalue weighted by atomic mass is 10.0. The van der Waals surface area contributed by atoms with Crippen LogP contribution in [0.4, 0.5) is 11.8 Å². The van der Waals surface area contributed by atoms with Gasteiger partial charge < -0.3 is 10.2 Å². The first-order valence-electron chi connectivity index (χ1n) is 7.67. The van der Waals surface area contributed by atoms with E-state index < -0.39 is 0 Å². The van der Waals surface area contributed by atoms with Crippen molar-refractivity contribution in [1.29, 1.82) is 0 Å². The van der Waals surface area contributed by atoms with Crippen LogP contribution in [-0.4, -0.2) is 23.1 Å². The summed E-state index contributed by atoms with van der Waals surface area (Å²) in [5, 5.41) is 3.21. The maximum atomic E-state index is 4.67. The van der Waals surface area contributed by atoms with Crippen LogP contribution in [0.1, 0.15) is 30.2 Å². The van der Waals surface area contributed by atoms with E-state index >= 15 is 0 Å². The summed E-state index contributed by atoms with van der Waals surface area (Å²) in [5.74, 6) is 1.75. The van der Waals surface area contributed by atoms with Gasteiger partial charge in [-0.1, -0.05) is 24.3 Å². The molecule has 1 N–H and O–H groups in total. The monoisotopic (exact) mass is 282 g/mol. The van der Waals surface area contributed by atoms with Crippen LogP contribution in [0.15, 0.2) is 30.3 Å². The van der Waals surface area contributed by atoms with E-state index in [2.05, 4.69) is 57.4 Å². The van der Waals surface area contributed by atoms with Crippen LogP contribution >= 0.6 is 0 Å². The lowest BCUT2D eigenvalue weighted by Crippen LogP contribution is -2.24. The fraction of sp³-hybridized carbons (Fsp3) is 0.412. The largest absolute Gasteiger partial charge is 0.354 e. The third-order valence-electron chi connectivity index (χ3n) is 3.85. The van der Waals surface area contributed by atoms with Crippen LogP contribution in [-0.2, 0) is 13.0 Å². The smallest absolute Gasteiger partial charge is 0.224 e. The second-order valence-corrected chi connectivity index (χ2v) is 5.52. The fourth-order valence-corrected chi connectivity index (χ4v) is 2.85. The summed E-state index contributed by atoms with van der Waals surface area (Å²) < 4.78 is 0. The van der Waals surface area contributed by atoms with Gasteiger partial charge in [-0.05, 0) is 37.8 Å². The standard InChI is InChI=1S/C17H22N4/c1-3-18-17-19-13(2)11-16(20-17)21-10-6-9-14-7-4-5-8-15(14)12-21/h4-5,7-8,11H,3,6,9-10,12H2,1-2H3,(H,18,19,20). The molecule has 1 aliphatic rings. The summed E-state index contributed by atoms with van der Waals surface area (Å²) in [4.78, 5) is 11.5. The van der Waals surface area contributed by atoms with E-state index in [0.717, 1.165) is 49.9 Å². The van der Waals surface area contributed by atoms with Gasteiger partial charge in [0.1, 0.15) is 5.82 Å². The molecule has 0 saturated carbocycles. The van der Waals surface area contributed by atoms with Gasteiger partial charge in [0.15, 0.2) is 0 Å². The van der Waals surface area contributed by atoms with Crippen molar-refractivity contribution < 1.29 is 0 Å². The number of aryl methyl sites for hydroxylation is 2. The highest BCUT2D eigenvalue weighted by Crippen LogP contribution is 2.23. The van der Waals surface area contributed by atoms with E-state index in [1.807, 2.05) is 6.92 Å². The number of hydrogen-bond acceptors (Lipinski definition) is 4. The molecular weight excluding hydrogens is 260 g/mol. The minimum absolute atomic E-state index is 0.727. The average molecular weight is 282 g/mol. The minimum Gasteiger partial charge on any atom is -0.354 e. The van der Waals surface area contributed by atoms with Gasteiger partial charge in [0.25, 0.3) is 0 Å². The second-order valence-electron chi connectivity index (χ2n) is 5.52. The van der Waals surface area contributed by atoms with Gasteiger partial charge in [-0.3, -0.25) is 0 Å². The molecule has 21 heavy (non-hydrogen) atoms. The summed E-state index contributed by atoms with van der Waals surface area (Å²) in [6.45, 7) is 6.89. The van der Waals surface area contributed by atoms with E-state index in [1.54, 1.807) is 0 Å². The zero-order valence-electron chi connectivity index (χ0n) is 12.8. The van der Waals surface area contributed by atoms with Crippen molar-refractivity contribution in [1.82, 2.24) is 9.97 Å². The molecule has 0 fully saturated rings. The second kappa shape index (κ2) is 6.12. The number of aromatic nitrogens is 2. The Morgan fingerprint density at radius 1 is 1.19 bits per heavy atom. The molecule has 0 spiro atoms. The van der Waals surface area contributed by atoms with Crippen LogP contribution in [0.5, 0.6) is 0 Å². The number of hydrogen-bond donors (Lipinski definition) is 1. The third kappa shape index (κ3) is 3.15. The Morgan fingerprint density at radius 3 is 2.81 bits per heavy atom. The highest BCUT2D eigenvalue weighted by atomic mass is 15.2. The Balaban J connectivity index is 1.90. The van der Waals surface area contributed by atoms with Gasteiger partial charge in [-0.2, -0.15) is 4.98 Å². The van der Waals surface area contributed by atoms with Gasteiger partial charge in [-0.15, -0.1) is 0 Å². The van der Waals surface area contributed by atoms with Crippen LogP contribution in [0.2, 0.25) is 0 Å². The van der Waals surface area contributed by atoms with Crippen molar-refractivity contribution >= 4 is 11.8 Å². The molecular formula is C17H22N4. The predicted molar refractivity (Wildman–Crippen MR) is 86.7 cm³/mol. The molecule has 2 heterocycles. The molecule has 0 amide bonds. The SMILES string of the molecule is CCNc1nc(C)cc(N2CCCc3ccccc3C2)n1. The number of anilines is 2. The van der Waals surface area contributed by atoms with Gasteiger partial charge in [0, 0.05) is 31.4 Å². The molecule has 1 aliphatic heterocycles. The molecule has 3 rings (SSSR count). The number of fused-ring (bicyclic) bond motifs is 1. The molecule has 2 aromatic rings. The van der Waals surface area contributed by atoms with E-state index in [1.165, 1.54) is 11.1 Å². The molecule has 110 valence electrons. The van der Waals surface area contributed by atoms with Crippen molar-refractivity contribution in [3.8, 4) is 0 Å². The summed E-state index contributed by atoms with van der Waals surface area (Å²) >= 11 is 0. The summed E-state index contributed by atoms with van der Waals surface area (Å²) in [6, 6.07) is 10.8. The highest BCUT2D eigenvalue weighted by molar-refractivity contribution is 5.46. The summed E-state index contributed by atoms with van der Waals surface area (Å²) in [7, 11) is 0. The predicted octanol–water partition coefficient (Wildman–Crippen LogP) is 3.17. The van der Waals surface area contributed by atoms with Crippen LogP contribution in [0, 0.1) is 6.92 Å². The van der Waals surface area contributed by atoms with Crippen LogP contribution in [0.25, 0.3) is 0 Å². The van der Waals surface area contributed by atoms with Gasteiger partial charge in [0.05, 0.1) is 0 Å². The molecule has 0 atom stereocenters. The molecule has 1 aromatic carbocycles. The van der Waals surface area contributed by atoms with Gasteiger partial charge in [-0.25, -0.2) is 4.98 Å². The van der Waals surface area contributed by atoms with E-state index in [0.29, 0.717) is 0 Å². The fourth-order valence-electron chi connectivity index (χ4n) is 2.85. The average Bonchev–Trinajstić information content (AvgIpc) is 2.69. The highest BCUT2D eigenvalue weighted by Gasteiger charge is 2.16. The zero-order chi connectivity index (χ0) is 14.7. The van der Waals surface area contributed by atoms with Crippen molar-refractivity contribution in [2.45, 2.75) is 33.2 Å². The Kier molecular flexibility index (Phi) is 4.04. The van der Waals surface area contributed by atoms with Crippen molar-refractivity contribution in [3.05, 3.63) is 47.2 Å². The van der Waals surface area contributed by atoms with E-state index in [-0.39, 0.29) is 0 Å². The van der Waals surface area contributed by atoms with Crippen LogP contribution < -0.4 is 10.2 Å². The Bertz CT molecular complexity index is 624. The lowest BCUT2D eigenvalue weighted by Gasteiger charge is -2.22. The van der Waals surface area contributed by atoms with E-state index in [9.17, 15) is 0 Å². The maximum absolute atomic E-state index is 4.67. The number of benzene rings is 1. The first kappa shape index (κ1) is 13.9. The molecule has 0 unspecified atom stereocenters. The first-order valence-corrected chi connectivity index (χ1v) is 7.67. The van der Waals surface area contributed by atoms with Crippen molar-refractivity contribution in [3.63, 3.8) is 0 Å². The third-order valence-corrected chi connectivity index (χ3v) is 3.85. The number of rotatable bonds is 3. The van der Waals surface area contributed by atoms with Crippen molar-refractivity contribution in [2.24, 2.45) is 0 Å². The van der Waals surface area contributed by atoms with Crippen LogP contribution in [0.3, 0.4) is 0 Å². The Labute approximate surface area is 126 Å². The normalized spacial score (nSPS) is 14.5. The number of nitrogens with zero attached hydrogens (tertiary/aromatic N) is 3. The van der Waals surface area contributed by atoms with Gasteiger partial charge in [0.2, 0.25) is 5.95 Å². The number of nitrogens with one attached hydrogen (secondary N) is 1. The lowest BCUT2D eigenvalue weighted by molar-refractivity contribution is 0.752. The molecule has 0 saturated heterocycles. The van der Waals surface area contributed by atoms with E-state index in [4.69, 9.17) is 0 Å². The molecule has 4 heteroatoms. The molecule has 1 aromatic heterocycles. The molecule has 4 nitrogen and oxygen atoms in total. The topological polar surface area (TPSA) is 41.1 Å². The Morgan fingerprint density at radius 2 is 2.00 bits per heavy atom. The minimum atomic E-state index is 0.727. The summed E-state index contributed by atoms with van der Waals surface area (Å²) in [5.41, 5.74) is 3.89. The quantitative estimate of drug-likeness (QED) is 0.939. The summed E-state index contributed by atoms with van der Waals surface area (Å²) in [6.07, 6.45) is 2.31. The zero-order valence-corrected chi connectivity index (χ0v) is 12.8. The molecule has 0 radical (unpaired) electrons. The first-order chi connectivity index (χ1) is 10.3. The Hall–Kier alpha value is -2.10. The molecule has 0 bridgehead atoms. The van der Waals surface area contributed by atoms with Gasteiger partial charge >= 0.3 is 0 Å².